The minimum Gasteiger partial charge on any atom is -0.478 e. The Balaban J connectivity index is 1.95. The standard InChI is InChI=1S/C15H18F2N4O/c1-2-22-15-11-6-13(20-10-4-9(18)5-10)19-7-8(11)3-12(21-15)14(16)17/h3,6-7,9-10,14H,2,4-5,18H2,1H3,(H,19,20). The quantitative estimate of drug-likeness (QED) is 0.888. The normalized spacial score (nSPS) is 21.0. The average Bonchev–Trinajstić information content (AvgIpc) is 2.46. The Kier molecular flexibility index (Phi) is 4.06. The Morgan fingerprint density at radius 1 is 1.41 bits per heavy atom. The van der Waals surface area contributed by atoms with Crippen molar-refractivity contribution in [3.05, 3.63) is 24.0 Å². The molecule has 0 aliphatic heterocycles. The van der Waals surface area contributed by atoms with Gasteiger partial charge >= 0.3 is 0 Å². The molecule has 1 saturated carbocycles. The fraction of sp³-hybridized carbons (Fsp3) is 0.467. The van der Waals surface area contributed by atoms with E-state index in [1.165, 1.54) is 6.07 Å². The molecule has 22 heavy (non-hydrogen) atoms. The Labute approximate surface area is 126 Å². The average molecular weight is 308 g/mol. The highest BCUT2D eigenvalue weighted by Crippen LogP contribution is 2.31. The summed E-state index contributed by atoms with van der Waals surface area (Å²) in [5.74, 6) is 0.892. The van der Waals surface area contributed by atoms with Gasteiger partial charge in [0.05, 0.1) is 6.61 Å². The minimum atomic E-state index is -2.64. The molecule has 3 N–H and O–H groups in total. The van der Waals surface area contributed by atoms with Crippen molar-refractivity contribution in [1.82, 2.24) is 9.97 Å². The molecule has 0 bridgehead atoms. The number of nitrogens with two attached hydrogens (primary N) is 1. The predicted molar refractivity (Wildman–Crippen MR) is 80.3 cm³/mol. The van der Waals surface area contributed by atoms with Crippen molar-refractivity contribution < 1.29 is 13.5 Å². The fourth-order valence-electron chi connectivity index (χ4n) is 2.56. The first-order valence-electron chi connectivity index (χ1n) is 7.30. The van der Waals surface area contributed by atoms with Gasteiger partial charge in [0.25, 0.3) is 6.43 Å². The molecular weight excluding hydrogens is 290 g/mol. The molecule has 3 rings (SSSR count). The van der Waals surface area contributed by atoms with Gasteiger partial charge in [-0.3, -0.25) is 0 Å². The van der Waals surface area contributed by atoms with E-state index in [1.807, 2.05) is 0 Å². The van der Waals surface area contributed by atoms with Gasteiger partial charge in [0.15, 0.2) is 0 Å². The van der Waals surface area contributed by atoms with E-state index < -0.39 is 6.43 Å². The van der Waals surface area contributed by atoms with Crippen LogP contribution < -0.4 is 15.8 Å². The Morgan fingerprint density at radius 3 is 2.82 bits per heavy atom. The number of fused-ring (bicyclic) bond motifs is 1. The predicted octanol–water partition coefficient (Wildman–Crippen LogP) is 2.87. The molecule has 2 aromatic heterocycles. The summed E-state index contributed by atoms with van der Waals surface area (Å²) in [5, 5.41) is 4.55. The van der Waals surface area contributed by atoms with Crippen molar-refractivity contribution in [3.63, 3.8) is 0 Å². The van der Waals surface area contributed by atoms with Crippen molar-refractivity contribution in [3.8, 4) is 5.88 Å². The second-order valence-electron chi connectivity index (χ2n) is 5.45. The van der Waals surface area contributed by atoms with Crippen LogP contribution in [0.4, 0.5) is 14.6 Å². The van der Waals surface area contributed by atoms with Crippen LogP contribution in [0.5, 0.6) is 5.88 Å². The molecule has 0 atom stereocenters. The number of pyridine rings is 2. The number of ether oxygens (including phenoxy) is 1. The molecule has 1 fully saturated rings. The SMILES string of the molecule is CCOc1nc(C(F)F)cc2cnc(NC3CC(N)C3)cc12. The Morgan fingerprint density at radius 2 is 2.18 bits per heavy atom. The van der Waals surface area contributed by atoms with Crippen LogP contribution in [0, 0.1) is 0 Å². The van der Waals surface area contributed by atoms with E-state index in [2.05, 4.69) is 15.3 Å². The van der Waals surface area contributed by atoms with E-state index in [0.29, 0.717) is 29.2 Å². The van der Waals surface area contributed by atoms with Gasteiger partial charge < -0.3 is 15.8 Å². The highest BCUT2D eigenvalue weighted by molar-refractivity contribution is 5.88. The molecule has 0 unspecified atom stereocenters. The molecular formula is C15H18F2N4O. The molecule has 0 radical (unpaired) electrons. The zero-order chi connectivity index (χ0) is 15.7. The number of halogens is 2. The van der Waals surface area contributed by atoms with Gasteiger partial charge in [0, 0.05) is 29.1 Å². The van der Waals surface area contributed by atoms with Gasteiger partial charge in [-0.25, -0.2) is 18.7 Å². The number of rotatable bonds is 5. The van der Waals surface area contributed by atoms with Gasteiger partial charge in [-0.05, 0) is 31.9 Å². The third kappa shape index (κ3) is 2.94. The van der Waals surface area contributed by atoms with Crippen molar-refractivity contribution in [2.75, 3.05) is 11.9 Å². The van der Waals surface area contributed by atoms with Crippen LogP contribution in [-0.4, -0.2) is 28.7 Å². The lowest BCUT2D eigenvalue weighted by atomic mass is 9.88. The number of hydrogen-bond acceptors (Lipinski definition) is 5. The molecule has 118 valence electrons. The summed E-state index contributed by atoms with van der Waals surface area (Å²) in [6.45, 7) is 2.15. The Bertz CT molecular complexity index is 674. The summed E-state index contributed by atoms with van der Waals surface area (Å²) < 4.78 is 31.2. The summed E-state index contributed by atoms with van der Waals surface area (Å²) in [6.07, 6.45) is 0.728. The van der Waals surface area contributed by atoms with Gasteiger partial charge in [-0.2, -0.15) is 0 Å². The zero-order valence-corrected chi connectivity index (χ0v) is 12.2. The van der Waals surface area contributed by atoms with E-state index in [9.17, 15) is 8.78 Å². The molecule has 2 heterocycles. The summed E-state index contributed by atoms with van der Waals surface area (Å²) in [6, 6.07) is 3.68. The van der Waals surface area contributed by atoms with Crippen LogP contribution in [0.25, 0.3) is 10.8 Å². The zero-order valence-electron chi connectivity index (χ0n) is 12.2. The molecule has 0 saturated heterocycles. The van der Waals surface area contributed by atoms with E-state index >= 15 is 0 Å². The summed E-state index contributed by atoms with van der Waals surface area (Å²) in [5.41, 5.74) is 5.46. The van der Waals surface area contributed by atoms with E-state index in [4.69, 9.17) is 10.5 Å². The first-order chi connectivity index (χ1) is 10.6. The molecule has 2 aromatic rings. The first kappa shape index (κ1) is 14.9. The highest BCUT2D eigenvalue weighted by atomic mass is 19.3. The lowest BCUT2D eigenvalue weighted by Crippen LogP contribution is -2.44. The number of nitrogens with zero attached hydrogens (tertiary/aromatic N) is 2. The molecule has 0 amide bonds. The molecule has 0 aromatic carbocycles. The number of nitrogens with one attached hydrogen (secondary N) is 1. The van der Waals surface area contributed by atoms with Crippen molar-refractivity contribution in [2.24, 2.45) is 5.73 Å². The van der Waals surface area contributed by atoms with Crippen LogP contribution in [-0.2, 0) is 0 Å². The monoisotopic (exact) mass is 308 g/mol. The number of aromatic nitrogens is 2. The molecule has 1 aliphatic rings. The van der Waals surface area contributed by atoms with Crippen molar-refractivity contribution >= 4 is 16.6 Å². The first-order valence-corrected chi connectivity index (χ1v) is 7.30. The lowest BCUT2D eigenvalue weighted by Gasteiger charge is -2.33. The summed E-state index contributed by atoms with van der Waals surface area (Å²) >= 11 is 0. The third-order valence-electron chi connectivity index (χ3n) is 3.73. The largest absolute Gasteiger partial charge is 0.478 e. The number of hydrogen-bond donors (Lipinski definition) is 2. The van der Waals surface area contributed by atoms with Gasteiger partial charge in [0.1, 0.15) is 11.5 Å². The van der Waals surface area contributed by atoms with Crippen LogP contribution in [0.3, 0.4) is 0 Å². The summed E-state index contributed by atoms with van der Waals surface area (Å²) in [4.78, 5) is 8.18. The second-order valence-corrected chi connectivity index (χ2v) is 5.45. The molecule has 5 nitrogen and oxygen atoms in total. The smallest absolute Gasteiger partial charge is 0.280 e. The van der Waals surface area contributed by atoms with Gasteiger partial charge in [0.2, 0.25) is 5.88 Å². The van der Waals surface area contributed by atoms with E-state index in [0.717, 1.165) is 12.8 Å². The van der Waals surface area contributed by atoms with Crippen LogP contribution in [0.15, 0.2) is 18.3 Å². The third-order valence-corrected chi connectivity index (χ3v) is 3.73. The molecule has 0 spiro atoms. The number of anilines is 1. The fourth-order valence-corrected chi connectivity index (χ4v) is 2.56. The molecule has 7 heteroatoms. The topological polar surface area (TPSA) is 73.1 Å². The highest BCUT2D eigenvalue weighted by Gasteiger charge is 2.26. The van der Waals surface area contributed by atoms with Crippen molar-refractivity contribution in [1.29, 1.82) is 0 Å². The van der Waals surface area contributed by atoms with Crippen LogP contribution in [0.1, 0.15) is 31.9 Å². The maximum atomic E-state index is 12.9. The maximum absolute atomic E-state index is 12.9. The van der Waals surface area contributed by atoms with E-state index in [-0.39, 0.29) is 17.6 Å². The van der Waals surface area contributed by atoms with Gasteiger partial charge in [-0.1, -0.05) is 0 Å². The lowest BCUT2D eigenvalue weighted by molar-refractivity contribution is 0.145. The summed E-state index contributed by atoms with van der Waals surface area (Å²) in [7, 11) is 0. The van der Waals surface area contributed by atoms with Crippen molar-refractivity contribution in [2.45, 2.75) is 38.3 Å². The molecule has 1 aliphatic carbocycles. The number of alkyl halides is 2. The second kappa shape index (κ2) is 6.00. The van der Waals surface area contributed by atoms with Crippen LogP contribution >= 0.6 is 0 Å². The van der Waals surface area contributed by atoms with Crippen LogP contribution in [0.2, 0.25) is 0 Å². The Hall–Kier alpha value is -2.02. The van der Waals surface area contributed by atoms with Gasteiger partial charge in [-0.15, -0.1) is 0 Å². The minimum absolute atomic E-state index is 0.214. The van der Waals surface area contributed by atoms with E-state index in [1.54, 1.807) is 19.2 Å². The maximum Gasteiger partial charge on any atom is 0.280 e.